The van der Waals surface area contributed by atoms with Crippen LogP contribution in [0.15, 0.2) is 30.9 Å². The Morgan fingerprint density at radius 3 is 3.06 bits per heavy atom. The molecule has 3 aromatic rings. The van der Waals surface area contributed by atoms with E-state index in [1.165, 1.54) is 0 Å². The maximum Gasteiger partial charge on any atom is 0.233 e. The van der Waals surface area contributed by atoms with Gasteiger partial charge in [-0.3, -0.25) is 9.20 Å². The molecule has 0 aliphatic carbocycles. The topological polar surface area (TPSA) is 78.0 Å². The quantitative estimate of drug-likeness (QED) is 0.597. The minimum absolute atomic E-state index is 0.312. The molecule has 17 heavy (non-hydrogen) atoms. The summed E-state index contributed by atoms with van der Waals surface area (Å²) in [4.78, 5) is 18.9. The molecule has 0 unspecified atom stereocenters. The Balaban J connectivity index is 1.91. The average Bonchev–Trinajstić information content (AvgIpc) is 2.94. The summed E-state index contributed by atoms with van der Waals surface area (Å²) in [6.45, 7) is 0.463. The molecule has 84 valence electrons. The first kappa shape index (κ1) is 9.64. The van der Waals surface area contributed by atoms with Crippen molar-refractivity contribution in [3.8, 4) is 0 Å². The number of carbonyl (C=O) groups excluding carboxylic acids is 1. The summed E-state index contributed by atoms with van der Waals surface area (Å²) in [5.41, 5.74) is 1.12. The minimum Gasteiger partial charge on any atom is -0.296 e. The van der Waals surface area contributed by atoms with Crippen molar-refractivity contribution in [1.82, 2.24) is 29.4 Å². The summed E-state index contributed by atoms with van der Waals surface area (Å²) in [5, 5.41) is 7.50. The van der Waals surface area contributed by atoms with E-state index < -0.39 is 0 Å². The van der Waals surface area contributed by atoms with Crippen molar-refractivity contribution < 1.29 is 4.79 Å². The Hall–Kier alpha value is -2.57. The summed E-state index contributed by atoms with van der Waals surface area (Å²) in [6.07, 6.45) is 7.66. The summed E-state index contributed by atoms with van der Waals surface area (Å²) < 4.78 is 3.39. The van der Waals surface area contributed by atoms with Crippen LogP contribution in [0.3, 0.4) is 0 Å². The zero-order valence-electron chi connectivity index (χ0n) is 8.76. The fourth-order valence-electron chi connectivity index (χ4n) is 1.57. The predicted octanol–water partition coefficient (Wildman–Crippen LogP) is 0.182. The number of aldehydes is 1. The predicted molar refractivity (Wildman–Crippen MR) is 57.5 cm³/mol. The number of rotatable bonds is 3. The number of aromatic nitrogens is 6. The zero-order valence-corrected chi connectivity index (χ0v) is 8.76. The average molecular weight is 228 g/mol. The van der Waals surface area contributed by atoms with Gasteiger partial charge in [0.05, 0.1) is 18.4 Å². The van der Waals surface area contributed by atoms with Crippen molar-refractivity contribution >= 4 is 12.1 Å². The molecule has 0 N–H and O–H groups in total. The Morgan fingerprint density at radius 1 is 1.35 bits per heavy atom. The lowest BCUT2D eigenvalue weighted by Gasteiger charge is -1.93. The molecule has 3 heterocycles. The molecule has 0 spiro atoms. The third kappa shape index (κ3) is 1.78. The van der Waals surface area contributed by atoms with Crippen LogP contribution in [0.5, 0.6) is 0 Å². The van der Waals surface area contributed by atoms with Gasteiger partial charge in [-0.15, -0.1) is 5.10 Å². The van der Waals surface area contributed by atoms with Crippen LogP contribution in [-0.2, 0) is 6.54 Å². The van der Waals surface area contributed by atoms with Gasteiger partial charge in [0.15, 0.2) is 6.29 Å². The summed E-state index contributed by atoms with van der Waals surface area (Å²) >= 11 is 0. The van der Waals surface area contributed by atoms with Crippen molar-refractivity contribution in [2.75, 3.05) is 0 Å². The van der Waals surface area contributed by atoms with Crippen LogP contribution in [-0.4, -0.2) is 35.6 Å². The molecule has 7 heteroatoms. The normalized spacial score (nSPS) is 10.8. The highest BCUT2D eigenvalue weighted by atomic mass is 16.1. The van der Waals surface area contributed by atoms with Crippen molar-refractivity contribution in [2.24, 2.45) is 0 Å². The maximum absolute atomic E-state index is 10.5. The highest BCUT2D eigenvalue weighted by Gasteiger charge is 2.04. The Labute approximate surface area is 95.7 Å². The highest BCUT2D eigenvalue weighted by Crippen LogP contribution is 2.03. The lowest BCUT2D eigenvalue weighted by Crippen LogP contribution is -2.00. The van der Waals surface area contributed by atoms with Gasteiger partial charge in [0.25, 0.3) is 0 Å². The number of hydrogen-bond donors (Lipinski definition) is 0. The van der Waals surface area contributed by atoms with Gasteiger partial charge in [0.1, 0.15) is 5.69 Å². The van der Waals surface area contributed by atoms with Gasteiger partial charge in [0, 0.05) is 18.6 Å². The van der Waals surface area contributed by atoms with Crippen LogP contribution in [0.1, 0.15) is 16.2 Å². The van der Waals surface area contributed by atoms with Gasteiger partial charge in [-0.1, -0.05) is 5.21 Å². The molecular formula is C10H8N6O. The molecular weight excluding hydrogens is 220 g/mol. The second-order valence-corrected chi connectivity index (χ2v) is 3.52. The molecule has 0 saturated carbocycles. The van der Waals surface area contributed by atoms with E-state index in [2.05, 4.69) is 20.3 Å². The highest BCUT2D eigenvalue weighted by molar-refractivity contribution is 5.70. The summed E-state index contributed by atoms with van der Waals surface area (Å²) in [6, 6.07) is 1.83. The van der Waals surface area contributed by atoms with Crippen molar-refractivity contribution in [3.05, 3.63) is 42.2 Å². The summed E-state index contributed by atoms with van der Waals surface area (Å²) in [7, 11) is 0. The van der Waals surface area contributed by atoms with Gasteiger partial charge in [-0.2, -0.15) is 0 Å². The number of carbonyl (C=O) groups is 1. The van der Waals surface area contributed by atoms with Gasteiger partial charge in [0.2, 0.25) is 5.78 Å². The Morgan fingerprint density at radius 2 is 2.29 bits per heavy atom. The molecule has 0 aliphatic heterocycles. The van der Waals surface area contributed by atoms with Crippen LogP contribution >= 0.6 is 0 Å². The number of fused-ring (bicyclic) bond motifs is 1. The molecule has 0 saturated heterocycles. The lowest BCUT2D eigenvalue weighted by atomic mass is 10.4. The van der Waals surface area contributed by atoms with Crippen LogP contribution in [0.4, 0.5) is 0 Å². The molecule has 0 radical (unpaired) electrons. The standard InChI is InChI=1S/C10H8N6O/c17-7-9-6-16(14-13-9)5-8-4-15-3-1-2-11-10(15)12-8/h1-4,6-7H,5H2. The van der Waals surface area contributed by atoms with Crippen molar-refractivity contribution in [2.45, 2.75) is 6.54 Å². The fourth-order valence-corrected chi connectivity index (χ4v) is 1.57. The smallest absolute Gasteiger partial charge is 0.233 e. The molecule has 0 aromatic carbocycles. The van der Waals surface area contributed by atoms with E-state index in [1.54, 1.807) is 17.1 Å². The first-order valence-corrected chi connectivity index (χ1v) is 4.99. The number of imidazole rings is 1. The molecule has 0 fully saturated rings. The largest absolute Gasteiger partial charge is 0.296 e. The molecule has 0 amide bonds. The van der Waals surface area contributed by atoms with E-state index in [1.807, 2.05) is 22.9 Å². The molecule has 0 atom stereocenters. The van der Waals surface area contributed by atoms with E-state index in [0.717, 1.165) is 5.69 Å². The second-order valence-electron chi connectivity index (χ2n) is 3.52. The first-order chi connectivity index (χ1) is 8.35. The van der Waals surface area contributed by atoms with Gasteiger partial charge in [-0.25, -0.2) is 14.6 Å². The molecule has 7 nitrogen and oxygen atoms in total. The van der Waals surface area contributed by atoms with E-state index in [0.29, 0.717) is 24.3 Å². The lowest BCUT2D eigenvalue weighted by molar-refractivity contribution is 0.111. The van der Waals surface area contributed by atoms with Crippen molar-refractivity contribution in [3.63, 3.8) is 0 Å². The molecule has 3 rings (SSSR count). The fraction of sp³-hybridized carbons (Fsp3) is 0.100. The molecule has 3 aromatic heterocycles. The van der Waals surface area contributed by atoms with Crippen molar-refractivity contribution in [1.29, 1.82) is 0 Å². The number of hydrogen-bond acceptors (Lipinski definition) is 5. The third-order valence-corrected chi connectivity index (χ3v) is 2.29. The number of nitrogens with zero attached hydrogens (tertiary/aromatic N) is 6. The monoisotopic (exact) mass is 228 g/mol. The Bertz CT molecular complexity index is 637. The van der Waals surface area contributed by atoms with Gasteiger partial charge >= 0.3 is 0 Å². The Kier molecular flexibility index (Phi) is 2.14. The van der Waals surface area contributed by atoms with E-state index >= 15 is 0 Å². The first-order valence-electron chi connectivity index (χ1n) is 4.99. The molecule has 0 aliphatic rings. The molecule has 0 bridgehead atoms. The zero-order chi connectivity index (χ0) is 11.7. The van der Waals surface area contributed by atoms with Gasteiger partial charge < -0.3 is 0 Å². The van der Waals surface area contributed by atoms with Crippen LogP contribution in [0.25, 0.3) is 5.78 Å². The van der Waals surface area contributed by atoms with E-state index in [-0.39, 0.29) is 0 Å². The van der Waals surface area contributed by atoms with Crippen LogP contribution in [0.2, 0.25) is 0 Å². The van der Waals surface area contributed by atoms with E-state index in [4.69, 9.17) is 0 Å². The van der Waals surface area contributed by atoms with Gasteiger partial charge in [-0.05, 0) is 6.07 Å². The maximum atomic E-state index is 10.5. The minimum atomic E-state index is 0.312. The second kappa shape index (κ2) is 3.78. The third-order valence-electron chi connectivity index (χ3n) is 2.29. The van der Waals surface area contributed by atoms with Crippen LogP contribution in [0, 0.1) is 0 Å². The van der Waals surface area contributed by atoms with Crippen LogP contribution < -0.4 is 0 Å². The summed E-state index contributed by atoms with van der Waals surface area (Å²) in [5.74, 6) is 0.637. The van der Waals surface area contributed by atoms with E-state index in [9.17, 15) is 4.79 Å². The SMILES string of the molecule is O=Cc1cn(Cc2cn3cccnc3n2)nn1.